The SMILES string of the molecule is NC(=O)c1cccc(Cn2nnc3cnc(Nc4cccc(-c5ccccc5)c4)nc32)c1. The summed E-state index contributed by atoms with van der Waals surface area (Å²) in [5, 5.41) is 11.6. The minimum atomic E-state index is -0.471. The molecule has 2 heterocycles. The summed E-state index contributed by atoms with van der Waals surface area (Å²) < 4.78 is 1.67. The number of amides is 1. The molecule has 156 valence electrons. The van der Waals surface area contributed by atoms with E-state index < -0.39 is 5.91 Å². The predicted octanol–water partition coefficient (Wildman–Crippen LogP) is 3.78. The number of hydrogen-bond donors (Lipinski definition) is 2. The lowest BCUT2D eigenvalue weighted by Gasteiger charge is -2.08. The van der Waals surface area contributed by atoms with Crippen LogP contribution in [0.4, 0.5) is 11.6 Å². The lowest BCUT2D eigenvalue weighted by Crippen LogP contribution is -2.12. The van der Waals surface area contributed by atoms with Crippen LogP contribution in [0, 0.1) is 0 Å². The fourth-order valence-electron chi connectivity index (χ4n) is 3.47. The molecule has 0 atom stereocenters. The fourth-order valence-corrected chi connectivity index (χ4v) is 3.47. The molecule has 0 saturated carbocycles. The third-order valence-electron chi connectivity index (χ3n) is 5.02. The normalized spacial score (nSPS) is 10.9. The van der Waals surface area contributed by atoms with Gasteiger partial charge < -0.3 is 11.1 Å². The van der Waals surface area contributed by atoms with Crippen LogP contribution in [0.5, 0.6) is 0 Å². The fraction of sp³-hybridized carbons (Fsp3) is 0.0417. The first-order valence-corrected chi connectivity index (χ1v) is 10.0. The minimum absolute atomic E-state index is 0.400. The third-order valence-corrected chi connectivity index (χ3v) is 5.02. The number of hydrogen-bond acceptors (Lipinski definition) is 6. The molecule has 3 aromatic carbocycles. The maximum atomic E-state index is 11.5. The van der Waals surface area contributed by atoms with Gasteiger partial charge >= 0.3 is 0 Å². The molecule has 0 bridgehead atoms. The number of carbonyl (C=O) groups excluding carboxylic acids is 1. The third kappa shape index (κ3) is 4.01. The Kier molecular flexibility index (Phi) is 5.01. The number of nitrogens with zero attached hydrogens (tertiary/aromatic N) is 5. The Hall–Kier alpha value is -4.59. The van der Waals surface area contributed by atoms with E-state index in [9.17, 15) is 4.79 Å². The van der Waals surface area contributed by atoms with Crippen LogP contribution in [0.1, 0.15) is 15.9 Å². The first-order chi connectivity index (χ1) is 15.7. The van der Waals surface area contributed by atoms with Crippen molar-refractivity contribution < 1.29 is 4.79 Å². The molecule has 0 aliphatic carbocycles. The Balaban J connectivity index is 1.42. The second-order valence-corrected chi connectivity index (χ2v) is 7.29. The molecule has 0 aliphatic heterocycles. The van der Waals surface area contributed by atoms with Crippen molar-refractivity contribution in [2.75, 3.05) is 5.32 Å². The summed E-state index contributed by atoms with van der Waals surface area (Å²) in [7, 11) is 0. The van der Waals surface area contributed by atoms with Crippen LogP contribution in [-0.4, -0.2) is 30.9 Å². The smallest absolute Gasteiger partial charge is 0.248 e. The number of anilines is 2. The van der Waals surface area contributed by atoms with Gasteiger partial charge in [0, 0.05) is 11.3 Å². The Bertz CT molecular complexity index is 1410. The van der Waals surface area contributed by atoms with Gasteiger partial charge in [0.1, 0.15) is 0 Å². The zero-order valence-corrected chi connectivity index (χ0v) is 17.0. The monoisotopic (exact) mass is 421 g/mol. The number of nitrogens with one attached hydrogen (secondary N) is 1. The second-order valence-electron chi connectivity index (χ2n) is 7.29. The van der Waals surface area contributed by atoms with Gasteiger partial charge in [-0.25, -0.2) is 9.67 Å². The van der Waals surface area contributed by atoms with E-state index in [1.807, 2.05) is 42.5 Å². The molecule has 8 nitrogen and oxygen atoms in total. The minimum Gasteiger partial charge on any atom is -0.366 e. The quantitative estimate of drug-likeness (QED) is 0.432. The van der Waals surface area contributed by atoms with Crippen molar-refractivity contribution >= 4 is 28.7 Å². The molecular formula is C24H19N7O. The molecular weight excluding hydrogens is 402 g/mol. The average molecular weight is 421 g/mol. The van der Waals surface area contributed by atoms with E-state index >= 15 is 0 Å². The van der Waals surface area contributed by atoms with Gasteiger partial charge in [0.05, 0.1) is 12.7 Å². The van der Waals surface area contributed by atoms with Crippen molar-refractivity contribution in [3.8, 4) is 11.1 Å². The van der Waals surface area contributed by atoms with Crippen LogP contribution in [-0.2, 0) is 6.54 Å². The van der Waals surface area contributed by atoms with Gasteiger partial charge in [0.15, 0.2) is 11.2 Å². The van der Waals surface area contributed by atoms with Crippen molar-refractivity contribution in [2.24, 2.45) is 5.73 Å². The Morgan fingerprint density at radius 1 is 0.938 bits per heavy atom. The van der Waals surface area contributed by atoms with E-state index in [1.165, 1.54) is 0 Å². The molecule has 1 amide bonds. The first kappa shape index (κ1) is 19.4. The molecule has 0 saturated heterocycles. The second kappa shape index (κ2) is 8.27. The van der Waals surface area contributed by atoms with Gasteiger partial charge in [-0.05, 0) is 41.0 Å². The molecule has 0 fully saturated rings. The van der Waals surface area contributed by atoms with Gasteiger partial charge in [0.25, 0.3) is 0 Å². The highest BCUT2D eigenvalue weighted by Crippen LogP contribution is 2.24. The molecule has 2 aromatic heterocycles. The topological polar surface area (TPSA) is 112 Å². The zero-order valence-electron chi connectivity index (χ0n) is 17.0. The van der Waals surface area contributed by atoms with Crippen molar-refractivity contribution in [3.63, 3.8) is 0 Å². The molecule has 3 N–H and O–H groups in total. The number of benzene rings is 3. The van der Waals surface area contributed by atoms with Gasteiger partial charge in [-0.15, -0.1) is 5.10 Å². The zero-order chi connectivity index (χ0) is 21.9. The maximum absolute atomic E-state index is 11.5. The lowest BCUT2D eigenvalue weighted by atomic mass is 10.1. The van der Waals surface area contributed by atoms with Crippen LogP contribution >= 0.6 is 0 Å². The summed E-state index contributed by atoms with van der Waals surface area (Å²) in [6, 6.07) is 25.3. The highest BCUT2D eigenvalue weighted by atomic mass is 16.1. The van der Waals surface area contributed by atoms with Gasteiger partial charge in [-0.3, -0.25) is 4.79 Å². The van der Waals surface area contributed by atoms with Crippen LogP contribution in [0.2, 0.25) is 0 Å². The molecule has 5 rings (SSSR count). The molecule has 0 unspecified atom stereocenters. The summed E-state index contributed by atoms with van der Waals surface area (Å²) in [5.74, 6) is -0.0287. The van der Waals surface area contributed by atoms with Crippen LogP contribution in [0.3, 0.4) is 0 Å². The van der Waals surface area contributed by atoms with Gasteiger partial charge in [-0.1, -0.05) is 59.8 Å². The van der Waals surface area contributed by atoms with Crippen molar-refractivity contribution in [1.82, 2.24) is 25.0 Å². The Labute approximate surface area is 183 Å². The van der Waals surface area contributed by atoms with E-state index in [-0.39, 0.29) is 0 Å². The molecule has 32 heavy (non-hydrogen) atoms. The summed E-state index contributed by atoms with van der Waals surface area (Å²) in [6.07, 6.45) is 1.63. The number of nitrogens with two attached hydrogens (primary N) is 1. The maximum Gasteiger partial charge on any atom is 0.248 e. The van der Waals surface area contributed by atoms with Crippen molar-refractivity contribution in [3.05, 3.63) is 96.2 Å². The lowest BCUT2D eigenvalue weighted by molar-refractivity contribution is 0.1000. The highest BCUT2D eigenvalue weighted by molar-refractivity contribution is 5.92. The first-order valence-electron chi connectivity index (χ1n) is 10.0. The molecule has 0 aliphatic rings. The summed E-state index contributed by atoms with van der Waals surface area (Å²) >= 11 is 0. The average Bonchev–Trinajstić information content (AvgIpc) is 3.22. The van der Waals surface area contributed by atoms with Crippen LogP contribution in [0.15, 0.2) is 85.1 Å². The summed E-state index contributed by atoms with van der Waals surface area (Å²) in [4.78, 5) is 20.4. The van der Waals surface area contributed by atoms with Crippen molar-refractivity contribution in [2.45, 2.75) is 6.54 Å². The highest BCUT2D eigenvalue weighted by Gasteiger charge is 2.11. The molecule has 5 aromatic rings. The van der Waals surface area contributed by atoms with Gasteiger partial charge in [-0.2, -0.15) is 4.98 Å². The molecule has 0 radical (unpaired) electrons. The number of aromatic nitrogens is 5. The standard InChI is InChI=1S/C24H19N7O/c25-22(32)19-10-4-6-16(12-19)15-31-23-21(29-30-31)14-26-24(28-23)27-20-11-5-9-18(13-20)17-7-2-1-3-8-17/h1-14H,15H2,(H2,25,32)(H,26,27,28). The van der Waals surface area contributed by atoms with Crippen LogP contribution < -0.4 is 11.1 Å². The summed E-state index contributed by atoms with van der Waals surface area (Å²) in [5.41, 5.74) is 11.0. The van der Waals surface area contributed by atoms with Crippen molar-refractivity contribution in [1.29, 1.82) is 0 Å². The molecule has 0 spiro atoms. The number of fused-ring (bicyclic) bond motifs is 1. The van der Waals surface area contributed by atoms with Gasteiger partial charge in [0.2, 0.25) is 11.9 Å². The number of rotatable bonds is 6. The van der Waals surface area contributed by atoms with E-state index in [4.69, 9.17) is 5.73 Å². The molecule has 8 heteroatoms. The Morgan fingerprint density at radius 3 is 2.59 bits per heavy atom. The van der Waals surface area contributed by atoms with E-state index in [0.717, 1.165) is 22.4 Å². The van der Waals surface area contributed by atoms with E-state index in [1.54, 1.807) is 29.1 Å². The van der Waals surface area contributed by atoms with E-state index in [0.29, 0.717) is 29.2 Å². The number of carbonyl (C=O) groups is 1. The summed E-state index contributed by atoms with van der Waals surface area (Å²) in [6.45, 7) is 0.400. The Morgan fingerprint density at radius 2 is 1.75 bits per heavy atom. The predicted molar refractivity (Wildman–Crippen MR) is 122 cm³/mol. The van der Waals surface area contributed by atoms with Crippen LogP contribution in [0.25, 0.3) is 22.3 Å². The van der Waals surface area contributed by atoms with E-state index in [2.05, 4.69) is 43.8 Å². The largest absolute Gasteiger partial charge is 0.366 e. The number of primary amides is 1.